The van der Waals surface area contributed by atoms with Crippen LogP contribution in [0, 0.1) is 6.92 Å². The second-order valence-electron chi connectivity index (χ2n) is 6.33. The van der Waals surface area contributed by atoms with Crippen LogP contribution < -0.4 is 144 Å². The van der Waals surface area contributed by atoms with Crippen LogP contribution in [0.1, 0.15) is 12.1 Å². The van der Waals surface area contributed by atoms with Crippen LogP contribution in [0.15, 0.2) is 6.33 Å². The zero-order chi connectivity index (χ0) is 24.1. The number of imidazole rings is 1. The summed E-state index contributed by atoms with van der Waals surface area (Å²) in [5.41, 5.74) is 6.28. The Bertz CT molecular complexity index is 1180. The number of aliphatic hydroxyl groups is 1. The van der Waals surface area contributed by atoms with E-state index in [1.54, 1.807) is 6.92 Å². The number of nitrogens with two attached hydrogens (primary N) is 1. The fraction of sp³-hybridized carbons (Fsp3) is 0.545. The molecule has 1 fully saturated rings. The summed E-state index contributed by atoms with van der Waals surface area (Å²) in [5.74, 6) is 0.412. The van der Waals surface area contributed by atoms with Crippen LogP contribution in [0.4, 0.5) is 5.82 Å². The largest absolute Gasteiger partial charge is 1.00 e. The van der Waals surface area contributed by atoms with E-state index in [9.17, 15) is 38.4 Å². The number of hydrogen-bond acceptors (Lipinski definition) is 17. The number of phosphoric acid groups is 3. The molecule has 0 saturated carbocycles. The van der Waals surface area contributed by atoms with Gasteiger partial charge in [0.2, 0.25) is 0 Å². The van der Waals surface area contributed by atoms with E-state index in [1.807, 2.05) is 0 Å². The van der Waals surface area contributed by atoms with Crippen molar-refractivity contribution in [3.8, 4) is 0 Å². The number of aryl methyl sites for hydroxylation is 1. The summed E-state index contributed by atoms with van der Waals surface area (Å²) in [7, 11) is -18.0. The Labute approximate surface area is 298 Å². The molecular formula is C11H14N5Na4O12P3S. The van der Waals surface area contributed by atoms with Crippen molar-refractivity contribution >= 4 is 53.1 Å². The van der Waals surface area contributed by atoms with Crippen LogP contribution in [0.25, 0.3) is 11.2 Å². The zero-order valence-electron chi connectivity index (χ0n) is 19.7. The Morgan fingerprint density at radius 3 is 2.25 bits per heavy atom. The van der Waals surface area contributed by atoms with E-state index in [-0.39, 0.29) is 135 Å². The predicted molar refractivity (Wildman–Crippen MR) is 98.1 cm³/mol. The van der Waals surface area contributed by atoms with Gasteiger partial charge in [0.05, 0.1) is 32.1 Å². The average molecular weight is 625 g/mol. The van der Waals surface area contributed by atoms with Crippen molar-refractivity contribution in [2.24, 2.45) is 0 Å². The third-order valence-corrected chi connectivity index (χ3v) is 8.19. The SMILES string of the molecule is Cc1nc(N)c2ncn([C@@H]3O[C@H](COP(=O)([O-])OP(=O)([O-])OP(=O)([O-])[O-])[C@@H](O)[C@H]3S)c2n1.[Na+].[Na+].[Na+].[Na+]. The number of thiol groups is 1. The Hall–Kier alpha value is 3.03. The minimum atomic E-state index is -6.11. The molecule has 2 aromatic rings. The van der Waals surface area contributed by atoms with Gasteiger partial charge in [0.15, 0.2) is 17.7 Å². The number of phosphoric ester groups is 1. The standard InChI is InChI=1S/C11H18N5O12P3S.4Na/c1-4-14-9(12)6-10(15-4)16(3-13-6)11-8(32)7(17)5(26-11)2-25-30(21,22)28-31(23,24)27-29(18,19)20;;;;/h3,5,7-8,11,17,32H,2H2,1H3,(H,21,22)(H,23,24)(H2,12,14,15)(H2,18,19,20);;;;/q;4*+1/p-4/t5-,7-,8-,11-;;;;/m1..../s1. The van der Waals surface area contributed by atoms with Crippen LogP contribution in [0.2, 0.25) is 0 Å². The molecule has 0 bridgehead atoms. The van der Waals surface area contributed by atoms with Crippen LogP contribution in [-0.4, -0.2) is 48.7 Å². The molecule has 1 aliphatic rings. The van der Waals surface area contributed by atoms with Crippen LogP contribution in [0.3, 0.4) is 0 Å². The minimum Gasteiger partial charge on any atom is -0.790 e. The van der Waals surface area contributed by atoms with Crippen molar-refractivity contribution in [1.29, 1.82) is 0 Å². The number of rotatable bonds is 8. The van der Waals surface area contributed by atoms with Gasteiger partial charge < -0.3 is 44.2 Å². The van der Waals surface area contributed by atoms with E-state index in [2.05, 4.69) is 40.7 Å². The number of aromatic nitrogens is 4. The topological polar surface area (TPSA) is 270 Å². The van der Waals surface area contributed by atoms with Gasteiger partial charge in [0.1, 0.15) is 17.4 Å². The summed E-state index contributed by atoms with van der Waals surface area (Å²) in [6, 6.07) is 0. The molecular weight excluding hydrogens is 611 g/mol. The fourth-order valence-electron chi connectivity index (χ4n) is 2.78. The van der Waals surface area contributed by atoms with Crippen molar-refractivity contribution in [2.75, 3.05) is 12.3 Å². The maximum atomic E-state index is 11.7. The van der Waals surface area contributed by atoms with E-state index in [1.165, 1.54) is 10.9 Å². The normalized spacial score (nSPS) is 24.9. The Morgan fingerprint density at radius 1 is 1.11 bits per heavy atom. The fourth-order valence-corrected chi connectivity index (χ4v) is 6.05. The molecule has 17 nitrogen and oxygen atoms in total. The first kappa shape index (κ1) is 41.2. The maximum absolute atomic E-state index is 11.7. The van der Waals surface area contributed by atoms with Crippen molar-refractivity contribution in [3.63, 3.8) is 0 Å². The van der Waals surface area contributed by atoms with Crippen LogP contribution in [-0.2, 0) is 31.6 Å². The molecule has 0 aromatic carbocycles. The van der Waals surface area contributed by atoms with Crippen molar-refractivity contribution in [1.82, 2.24) is 19.5 Å². The van der Waals surface area contributed by atoms with Gasteiger partial charge in [-0.3, -0.25) is 18.0 Å². The molecule has 0 amide bonds. The molecule has 25 heteroatoms. The van der Waals surface area contributed by atoms with Gasteiger partial charge in [-0.25, -0.2) is 19.3 Å². The molecule has 0 aliphatic carbocycles. The second-order valence-corrected chi connectivity index (χ2v) is 11.2. The maximum Gasteiger partial charge on any atom is 1.00 e. The summed E-state index contributed by atoms with van der Waals surface area (Å²) in [5, 5.41) is 9.37. The predicted octanol–water partition coefficient (Wildman–Crippen LogP) is -14.9. The van der Waals surface area contributed by atoms with Crippen LogP contribution >= 0.6 is 36.1 Å². The molecule has 2 unspecified atom stereocenters. The molecule has 1 saturated heterocycles. The van der Waals surface area contributed by atoms with E-state index < -0.39 is 53.8 Å². The number of ether oxygens (including phenoxy) is 1. The molecule has 2 aromatic heterocycles. The molecule has 0 spiro atoms. The molecule has 3 heterocycles. The average Bonchev–Trinajstić information content (AvgIpc) is 3.12. The summed E-state index contributed by atoms with van der Waals surface area (Å²) in [6.45, 7) is 0.611. The molecule has 3 rings (SSSR count). The molecule has 1 aliphatic heterocycles. The van der Waals surface area contributed by atoms with Gasteiger partial charge in [-0.1, -0.05) is 0 Å². The van der Waals surface area contributed by atoms with E-state index in [0.717, 1.165) is 0 Å². The summed E-state index contributed by atoms with van der Waals surface area (Å²) < 4.78 is 51.0. The van der Waals surface area contributed by atoms with Gasteiger partial charge in [0, 0.05) is 0 Å². The first-order chi connectivity index (χ1) is 14.6. The summed E-state index contributed by atoms with van der Waals surface area (Å²) in [6.07, 6.45) is -2.55. The quantitative estimate of drug-likeness (QED) is 0.140. The number of aliphatic hydroxyl groups excluding tert-OH is 1. The monoisotopic (exact) mass is 625 g/mol. The first-order valence-corrected chi connectivity index (χ1v) is 13.2. The third kappa shape index (κ3) is 11.0. The van der Waals surface area contributed by atoms with Crippen LogP contribution in [0.5, 0.6) is 0 Å². The van der Waals surface area contributed by atoms with Gasteiger partial charge >= 0.3 is 118 Å². The number of nitrogen functional groups attached to an aromatic ring is 1. The Balaban J connectivity index is 0. The van der Waals surface area contributed by atoms with E-state index >= 15 is 0 Å². The summed E-state index contributed by atoms with van der Waals surface area (Å²) in [4.78, 5) is 55.8. The molecule has 6 atom stereocenters. The van der Waals surface area contributed by atoms with Gasteiger partial charge in [-0.15, -0.1) is 0 Å². The van der Waals surface area contributed by atoms with E-state index in [4.69, 9.17) is 10.5 Å². The molecule has 36 heavy (non-hydrogen) atoms. The minimum absolute atomic E-state index is 0. The number of anilines is 1. The number of hydrogen-bond donors (Lipinski definition) is 3. The molecule has 180 valence electrons. The van der Waals surface area contributed by atoms with E-state index in [0.29, 0.717) is 5.82 Å². The van der Waals surface area contributed by atoms with Gasteiger partial charge in [-0.2, -0.15) is 12.6 Å². The number of nitrogens with zero attached hydrogens (tertiary/aromatic N) is 4. The van der Waals surface area contributed by atoms with Gasteiger partial charge in [0.25, 0.3) is 15.6 Å². The number of fused-ring (bicyclic) bond motifs is 1. The van der Waals surface area contributed by atoms with Crippen molar-refractivity contribution in [2.45, 2.75) is 30.6 Å². The van der Waals surface area contributed by atoms with Crippen molar-refractivity contribution in [3.05, 3.63) is 12.2 Å². The van der Waals surface area contributed by atoms with Gasteiger partial charge in [-0.05, 0) is 6.92 Å². The van der Waals surface area contributed by atoms with Crippen molar-refractivity contribution < 1.29 is 174 Å². The molecule has 3 N–H and O–H groups in total. The third-order valence-electron chi connectivity index (χ3n) is 3.97. The summed E-state index contributed by atoms with van der Waals surface area (Å²) >= 11 is 4.24. The first-order valence-electron chi connectivity index (χ1n) is 8.28. The Morgan fingerprint density at radius 2 is 1.69 bits per heavy atom. The second kappa shape index (κ2) is 16.0. The Kier molecular flexibility index (Phi) is 18.3. The molecule has 0 radical (unpaired) electrons. The smallest absolute Gasteiger partial charge is 0.790 e. The zero-order valence-corrected chi connectivity index (χ0v) is 31.3.